The molecule has 290 valence electrons. The SMILES string of the molecule is CCCN(CCOC)C(=O)[C@H]1/C(F)=C/C[C@H](C)[C@@H](C)S(=O)(=O)NC(=O)c2cc3c(cc2F)OC[C@]2(CCCc4cc(Cl)ccc42)CN3C[C@@H]2CCCN21. The first-order valence-electron chi connectivity index (χ1n) is 18.7. The maximum absolute atomic E-state index is 16.8. The first-order valence-corrected chi connectivity index (χ1v) is 20.7. The van der Waals surface area contributed by atoms with Gasteiger partial charge in [0.2, 0.25) is 15.9 Å². The molecule has 2 aromatic rings. The number of halogens is 3. The minimum Gasteiger partial charge on any atom is -0.490 e. The first-order chi connectivity index (χ1) is 25.3. The molecule has 6 rings (SSSR count). The van der Waals surface area contributed by atoms with Crippen molar-refractivity contribution >= 4 is 39.1 Å². The van der Waals surface area contributed by atoms with Crippen LogP contribution in [0.3, 0.4) is 0 Å². The number of allylic oxidation sites excluding steroid dienone is 1. The molecule has 2 amide bonds. The van der Waals surface area contributed by atoms with Crippen molar-refractivity contribution in [2.75, 3.05) is 57.9 Å². The summed E-state index contributed by atoms with van der Waals surface area (Å²) in [6.45, 7) is 7.50. The number of aryl methyl sites for hydroxylation is 1. The van der Waals surface area contributed by atoms with E-state index in [0.29, 0.717) is 62.9 Å². The predicted molar refractivity (Wildman–Crippen MR) is 201 cm³/mol. The minimum absolute atomic E-state index is 0.00114. The van der Waals surface area contributed by atoms with E-state index in [1.54, 1.807) is 18.9 Å². The number of nitrogens with zero attached hydrogens (tertiary/aromatic N) is 3. The summed E-state index contributed by atoms with van der Waals surface area (Å²) in [7, 11) is -2.76. The van der Waals surface area contributed by atoms with Crippen LogP contribution in [0.1, 0.15) is 80.8 Å². The zero-order chi connectivity index (χ0) is 38.1. The van der Waals surface area contributed by atoms with Crippen LogP contribution in [0.2, 0.25) is 5.02 Å². The summed E-state index contributed by atoms with van der Waals surface area (Å²) >= 11 is 6.43. The van der Waals surface area contributed by atoms with Crippen molar-refractivity contribution in [3.05, 3.63) is 69.8 Å². The fourth-order valence-electron chi connectivity index (χ4n) is 8.54. The molecule has 5 atom stereocenters. The highest BCUT2D eigenvalue weighted by molar-refractivity contribution is 7.90. The third kappa shape index (κ3) is 8.09. The van der Waals surface area contributed by atoms with Crippen molar-refractivity contribution in [3.63, 3.8) is 0 Å². The molecule has 3 aliphatic heterocycles. The number of benzene rings is 2. The zero-order valence-corrected chi connectivity index (χ0v) is 32.6. The lowest BCUT2D eigenvalue weighted by Gasteiger charge is -2.42. The molecule has 2 aromatic carbocycles. The van der Waals surface area contributed by atoms with Crippen LogP contribution >= 0.6 is 11.6 Å². The van der Waals surface area contributed by atoms with Gasteiger partial charge in [0.25, 0.3) is 5.91 Å². The fraction of sp³-hybridized carbons (Fsp3) is 0.590. The van der Waals surface area contributed by atoms with Gasteiger partial charge in [-0.25, -0.2) is 21.9 Å². The van der Waals surface area contributed by atoms with E-state index in [4.69, 9.17) is 21.1 Å². The number of hydrogen-bond acceptors (Lipinski definition) is 8. The van der Waals surface area contributed by atoms with Crippen LogP contribution in [0.5, 0.6) is 5.75 Å². The second-order valence-electron chi connectivity index (χ2n) is 15.1. The van der Waals surface area contributed by atoms with Crippen molar-refractivity contribution in [1.82, 2.24) is 14.5 Å². The number of methoxy groups -OCH3 is 1. The Morgan fingerprint density at radius 2 is 1.96 bits per heavy atom. The lowest BCUT2D eigenvalue weighted by Crippen LogP contribution is -2.55. The zero-order valence-electron chi connectivity index (χ0n) is 31.0. The number of ether oxygens (including phenoxy) is 2. The quantitative estimate of drug-likeness (QED) is 0.380. The Morgan fingerprint density at radius 1 is 1.17 bits per heavy atom. The van der Waals surface area contributed by atoms with Crippen LogP contribution in [0.4, 0.5) is 14.5 Å². The summed E-state index contributed by atoms with van der Waals surface area (Å²) in [5.41, 5.74) is 1.67. The molecule has 1 aliphatic carbocycles. The number of carbonyl (C=O) groups excluding carboxylic acids is 2. The number of hydrogen-bond donors (Lipinski definition) is 1. The Labute approximate surface area is 316 Å². The van der Waals surface area contributed by atoms with Crippen molar-refractivity contribution in [3.8, 4) is 5.75 Å². The normalized spacial score (nSPS) is 28.5. The maximum atomic E-state index is 16.8. The molecule has 0 saturated carbocycles. The van der Waals surface area contributed by atoms with Crippen LogP contribution in [0.25, 0.3) is 0 Å². The van der Waals surface area contributed by atoms with Gasteiger partial charge >= 0.3 is 0 Å². The van der Waals surface area contributed by atoms with E-state index in [0.717, 1.165) is 42.9 Å². The number of sulfonamides is 1. The molecule has 0 radical (unpaired) electrons. The van der Waals surface area contributed by atoms with Crippen LogP contribution in [-0.2, 0) is 31.4 Å². The number of fused-ring (bicyclic) bond motifs is 4. The molecule has 1 spiro atoms. The van der Waals surface area contributed by atoms with Gasteiger partial charge < -0.3 is 19.3 Å². The standard InChI is InChI=1S/C39H51ClF2N4O6S/c1-5-15-44(17-18-51-4)38(48)36-32(41)13-10-25(2)26(3)53(49,50)43-37(47)30-20-34-35(21-33(30)42)52-24-39(23-45(34)22-29-9-7-16-46(29)36)14-6-8-27-19-28(40)11-12-31(27)39/h11-13,19-21,25-26,29,36H,5-10,14-18,22-24H2,1-4H3,(H,43,47)/b32-13-/t25-,26+,29-,36+,39-/m0/s1. The van der Waals surface area contributed by atoms with Crippen molar-refractivity contribution in [1.29, 1.82) is 0 Å². The molecule has 4 aliphatic rings. The van der Waals surface area contributed by atoms with E-state index in [1.807, 2.05) is 30.0 Å². The summed E-state index contributed by atoms with van der Waals surface area (Å²) in [4.78, 5) is 33.7. The molecule has 53 heavy (non-hydrogen) atoms. The highest BCUT2D eigenvalue weighted by atomic mass is 35.5. The Hall–Kier alpha value is -3.26. The van der Waals surface area contributed by atoms with E-state index in [9.17, 15) is 18.0 Å². The largest absolute Gasteiger partial charge is 0.490 e. The Balaban J connectivity index is 1.50. The van der Waals surface area contributed by atoms with E-state index in [1.165, 1.54) is 19.1 Å². The Bertz CT molecular complexity index is 1850. The number of anilines is 1. The smallest absolute Gasteiger partial charge is 0.267 e. The maximum Gasteiger partial charge on any atom is 0.267 e. The summed E-state index contributed by atoms with van der Waals surface area (Å²) in [5, 5.41) is -0.506. The molecule has 1 N–H and O–H groups in total. The van der Waals surface area contributed by atoms with Gasteiger partial charge in [0.05, 0.1) is 29.7 Å². The number of nitrogens with one attached hydrogen (secondary N) is 1. The van der Waals surface area contributed by atoms with Gasteiger partial charge in [-0.3, -0.25) is 14.5 Å². The van der Waals surface area contributed by atoms with E-state index in [2.05, 4.69) is 9.62 Å². The van der Waals surface area contributed by atoms with E-state index in [-0.39, 0.29) is 30.7 Å². The molecule has 2 bridgehead atoms. The van der Waals surface area contributed by atoms with Gasteiger partial charge in [0.15, 0.2) is 0 Å². The average Bonchev–Trinajstić information content (AvgIpc) is 3.51. The molecule has 10 nitrogen and oxygen atoms in total. The molecule has 0 unspecified atom stereocenters. The van der Waals surface area contributed by atoms with E-state index < -0.39 is 55.8 Å². The van der Waals surface area contributed by atoms with Crippen LogP contribution in [-0.4, -0.2) is 100 Å². The van der Waals surface area contributed by atoms with E-state index >= 15 is 8.78 Å². The third-order valence-corrected chi connectivity index (χ3v) is 13.8. The second-order valence-corrected chi connectivity index (χ2v) is 17.6. The summed E-state index contributed by atoms with van der Waals surface area (Å²) < 4.78 is 73.5. The molecular formula is C39H51ClF2N4O6S. The topological polar surface area (TPSA) is 108 Å². The lowest BCUT2D eigenvalue weighted by molar-refractivity contribution is -0.137. The van der Waals surface area contributed by atoms with Crippen LogP contribution in [0, 0.1) is 11.7 Å². The van der Waals surface area contributed by atoms with Crippen molar-refractivity contribution < 1.29 is 36.3 Å². The first kappa shape index (κ1) is 39.4. The highest BCUT2D eigenvalue weighted by Crippen LogP contribution is 2.45. The second kappa shape index (κ2) is 16.2. The van der Waals surface area contributed by atoms with Gasteiger partial charge in [-0.1, -0.05) is 37.6 Å². The molecule has 3 heterocycles. The van der Waals surface area contributed by atoms with Crippen LogP contribution < -0.4 is 14.4 Å². The summed E-state index contributed by atoms with van der Waals surface area (Å²) in [5.74, 6) is -3.42. The Kier molecular flexibility index (Phi) is 12.1. The summed E-state index contributed by atoms with van der Waals surface area (Å²) in [6.07, 6.45) is 5.88. The van der Waals surface area contributed by atoms with Gasteiger partial charge in [0.1, 0.15) is 23.4 Å². The lowest BCUT2D eigenvalue weighted by atomic mass is 9.70. The molecular weight excluding hydrogens is 726 g/mol. The monoisotopic (exact) mass is 776 g/mol. The third-order valence-electron chi connectivity index (χ3n) is 11.6. The number of rotatable bonds is 6. The molecule has 0 aromatic heterocycles. The van der Waals surface area contributed by atoms with Crippen molar-refractivity contribution in [2.24, 2.45) is 5.92 Å². The van der Waals surface area contributed by atoms with Gasteiger partial charge in [0, 0.05) is 55.8 Å². The Morgan fingerprint density at radius 3 is 2.72 bits per heavy atom. The summed E-state index contributed by atoms with van der Waals surface area (Å²) in [6, 6.07) is 6.87. The van der Waals surface area contributed by atoms with Gasteiger partial charge in [-0.2, -0.15) is 0 Å². The predicted octanol–water partition coefficient (Wildman–Crippen LogP) is 6.01. The average molecular weight is 777 g/mol. The number of carbonyl (C=O) groups is 2. The van der Waals surface area contributed by atoms with Gasteiger partial charge in [-0.05, 0) is 93.7 Å². The van der Waals surface area contributed by atoms with Crippen LogP contribution in [0.15, 0.2) is 42.2 Å². The number of amides is 2. The van der Waals surface area contributed by atoms with Crippen molar-refractivity contribution in [2.45, 2.75) is 88.5 Å². The molecule has 14 heteroatoms. The minimum atomic E-state index is -4.32. The highest BCUT2D eigenvalue weighted by Gasteiger charge is 2.45. The van der Waals surface area contributed by atoms with Gasteiger partial charge in [-0.15, -0.1) is 0 Å². The molecule has 1 fully saturated rings. The molecule has 1 saturated heterocycles. The fourth-order valence-corrected chi connectivity index (χ4v) is 10.0.